The number of aliphatic imine (C=N–C) groups is 1. The zero-order chi connectivity index (χ0) is 28.0. The molecule has 1 fully saturated rings. The molecule has 3 atom stereocenters. The van der Waals surface area contributed by atoms with Crippen molar-refractivity contribution >= 4 is 29.3 Å². The first-order chi connectivity index (χ1) is 18.8. The van der Waals surface area contributed by atoms with Gasteiger partial charge in [-0.25, -0.2) is 4.79 Å². The molecule has 0 saturated carbocycles. The maximum Gasteiger partial charge on any atom is 0.337 e. The second kappa shape index (κ2) is 12.9. The van der Waals surface area contributed by atoms with Gasteiger partial charge in [0.2, 0.25) is 0 Å². The first kappa shape index (κ1) is 29.0. The third-order valence-electron chi connectivity index (χ3n) is 7.24. The predicted octanol–water partition coefficient (Wildman–Crippen LogP) is 4.12. The Bertz CT molecular complexity index is 1250. The summed E-state index contributed by atoms with van der Waals surface area (Å²) in [7, 11) is 1.32. The van der Waals surface area contributed by atoms with Crippen LogP contribution in [0.1, 0.15) is 37.3 Å². The van der Waals surface area contributed by atoms with Gasteiger partial charge in [0, 0.05) is 49.3 Å². The van der Waals surface area contributed by atoms with Gasteiger partial charge in [-0.1, -0.05) is 60.1 Å². The van der Waals surface area contributed by atoms with Gasteiger partial charge >= 0.3 is 11.9 Å². The Labute approximate surface area is 234 Å². The number of methoxy groups -OCH3 is 1. The molecule has 2 aromatic carbocycles. The van der Waals surface area contributed by atoms with Crippen molar-refractivity contribution in [3.05, 3.63) is 82.0 Å². The monoisotopic (exact) mass is 553 g/mol. The van der Waals surface area contributed by atoms with E-state index in [-0.39, 0.29) is 12.2 Å². The predicted molar refractivity (Wildman–Crippen MR) is 151 cm³/mol. The summed E-state index contributed by atoms with van der Waals surface area (Å²) in [5.41, 5.74) is 7.89. The van der Waals surface area contributed by atoms with Gasteiger partial charge in [0.05, 0.1) is 31.6 Å². The summed E-state index contributed by atoms with van der Waals surface area (Å²) in [4.78, 5) is 34.1. The Morgan fingerprint density at radius 3 is 2.56 bits per heavy atom. The van der Waals surface area contributed by atoms with E-state index < -0.39 is 29.4 Å². The molecule has 0 radical (unpaired) electrons. The number of nitrogens with zero attached hydrogens (tertiary/aromatic N) is 2. The van der Waals surface area contributed by atoms with Crippen molar-refractivity contribution < 1.29 is 23.8 Å². The van der Waals surface area contributed by atoms with Gasteiger partial charge in [-0.3, -0.25) is 14.7 Å². The highest BCUT2D eigenvalue weighted by Gasteiger charge is 2.46. The number of halogens is 1. The standard InChI is InChI=1S/C30H36ClN3O5/c1-20-25(28(35)37-3)26(22-11-7-8-12-23(22)31)27(24(33-20)18-38-16-14-32)29(36)39-30(2)13-15-34(19-30)17-21-9-5-4-6-10-21/h4-12,25-26H,13-19,32H2,1-3H3. The molecule has 1 saturated heterocycles. The van der Waals surface area contributed by atoms with Gasteiger partial charge in [0.15, 0.2) is 0 Å². The van der Waals surface area contributed by atoms with Crippen molar-refractivity contribution in [2.75, 3.05) is 40.0 Å². The number of likely N-dealkylation sites (tertiary alicyclic amines) is 1. The number of hydrogen-bond donors (Lipinski definition) is 1. The second-order valence-corrected chi connectivity index (χ2v) is 10.6. The summed E-state index contributed by atoms with van der Waals surface area (Å²) in [6.07, 6.45) is 0.678. The van der Waals surface area contributed by atoms with E-state index in [9.17, 15) is 9.59 Å². The van der Waals surface area contributed by atoms with Crippen molar-refractivity contribution in [3.8, 4) is 0 Å². The topological polar surface area (TPSA) is 103 Å². The van der Waals surface area contributed by atoms with Crippen LogP contribution in [0.4, 0.5) is 0 Å². The molecule has 4 rings (SSSR count). The Morgan fingerprint density at radius 2 is 1.87 bits per heavy atom. The van der Waals surface area contributed by atoms with Gasteiger partial charge in [-0.2, -0.15) is 0 Å². The maximum absolute atomic E-state index is 14.1. The SMILES string of the molecule is COC(=O)C1C(C)=NC(COCCN)=C(C(=O)OC2(C)CCN(Cc3ccccc3)C2)C1c1ccccc1Cl. The summed E-state index contributed by atoms with van der Waals surface area (Å²) in [5.74, 6) is -2.64. The lowest BCUT2D eigenvalue weighted by Crippen LogP contribution is -2.40. The van der Waals surface area contributed by atoms with E-state index in [1.54, 1.807) is 19.1 Å². The first-order valence-electron chi connectivity index (χ1n) is 13.1. The summed E-state index contributed by atoms with van der Waals surface area (Å²) >= 11 is 6.64. The van der Waals surface area contributed by atoms with Crippen molar-refractivity contribution in [2.24, 2.45) is 16.6 Å². The van der Waals surface area contributed by atoms with Crippen LogP contribution in [0.25, 0.3) is 0 Å². The molecule has 0 amide bonds. The average molecular weight is 554 g/mol. The van der Waals surface area contributed by atoms with E-state index in [1.807, 2.05) is 37.3 Å². The highest BCUT2D eigenvalue weighted by molar-refractivity contribution is 6.31. The van der Waals surface area contributed by atoms with Crippen LogP contribution in [0, 0.1) is 5.92 Å². The van der Waals surface area contributed by atoms with Gasteiger partial charge in [0.1, 0.15) is 11.5 Å². The molecule has 9 heteroatoms. The highest BCUT2D eigenvalue weighted by atomic mass is 35.5. The molecule has 2 aliphatic heterocycles. The minimum absolute atomic E-state index is 0.0463. The van der Waals surface area contributed by atoms with Crippen LogP contribution in [0.2, 0.25) is 5.02 Å². The molecule has 208 valence electrons. The third kappa shape index (κ3) is 6.76. The van der Waals surface area contributed by atoms with Gasteiger partial charge in [0.25, 0.3) is 0 Å². The van der Waals surface area contributed by atoms with E-state index in [0.717, 1.165) is 13.1 Å². The minimum atomic E-state index is -0.846. The van der Waals surface area contributed by atoms with E-state index in [2.05, 4.69) is 22.0 Å². The normalized spacial score (nSPS) is 23.5. The van der Waals surface area contributed by atoms with E-state index in [4.69, 9.17) is 31.5 Å². The first-order valence-corrected chi connectivity index (χ1v) is 13.5. The summed E-state index contributed by atoms with van der Waals surface area (Å²) in [5, 5.41) is 0.430. The Balaban J connectivity index is 1.69. The zero-order valence-corrected chi connectivity index (χ0v) is 23.4. The Morgan fingerprint density at radius 1 is 1.15 bits per heavy atom. The number of benzene rings is 2. The lowest BCUT2D eigenvalue weighted by molar-refractivity contribution is -0.152. The summed E-state index contributed by atoms with van der Waals surface area (Å²) in [6.45, 7) is 6.50. The Hall–Kier alpha value is -3.04. The van der Waals surface area contributed by atoms with Crippen LogP contribution in [0.3, 0.4) is 0 Å². The molecule has 0 aliphatic carbocycles. The molecular weight excluding hydrogens is 518 g/mol. The fourth-order valence-corrected chi connectivity index (χ4v) is 5.65. The van der Waals surface area contributed by atoms with Crippen LogP contribution in [0.5, 0.6) is 0 Å². The minimum Gasteiger partial charge on any atom is -0.468 e. The highest BCUT2D eigenvalue weighted by Crippen LogP contribution is 2.43. The van der Waals surface area contributed by atoms with Crippen molar-refractivity contribution in [1.82, 2.24) is 4.90 Å². The summed E-state index contributed by atoms with van der Waals surface area (Å²) < 4.78 is 17.1. The van der Waals surface area contributed by atoms with Gasteiger partial charge in [-0.05, 0) is 31.0 Å². The molecule has 2 heterocycles. The smallest absolute Gasteiger partial charge is 0.337 e. The number of esters is 2. The molecule has 0 spiro atoms. The van der Waals surface area contributed by atoms with E-state index in [1.165, 1.54) is 12.7 Å². The summed E-state index contributed by atoms with van der Waals surface area (Å²) in [6, 6.07) is 17.4. The number of hydrogen-bond acceptors (Lipinski definition) is 8. The van der Waals surface area contributed by atoms with Crippen LogP contribution >= 0.6 is 11.6 Å². The quantitative estimate of drug-likeness (QED) is 0.348. The van der Waals surface area contributed by atoms with Crippen molar-refractivity contribution in [1.29, 1.82) is 0 Å². The number of carbonyl (C=O) groups is 2. The molecule has 0 bridgehead atoms. The number of carbonyl (C=O) groups excluding carboxylic acids is 2. The zero-order valence-electron chi connectivity index (χ0n) is 22.7. The van der Waals surface area contributed by atoms with Crippen LogP contribution in [-0.2, 0) is 30.3 Å². The molecule has 2 aromatic rings. The molecule has 2 N–H and O–H groups in total. The van der Waals surface area contributed by atoms with Crippen molar-refractivity contribution in [2.45, 2.75) is 38.3 Å². The lowest BCUT2D eigenvalue weighted by Gasteiger charge is -2.34. The fourth-order valence-electron chi connectivity index (χ4n) is 5.40. The fraction of sp³-hybridized carbons (Fsp3) is 0.433. The maximum atomic E-state index is 14.1. The molecule has 39 heavy (non-hydrogen) atoms. The number of rotatable bonds is 10. The van der Waals surface area contributed by atoms with Crippen LogP contribution in [-0.4, -0.2) is 68.1 Å². The van der Waals surface area contributed by atoms with Crippen molar-refractivity contribution in [3.63, 3.8) is 0 Å². The largest absolute Gasteiger partial charge is 0.468 e. The molecule has 0 aromatic heterocycles. The molecule has 3 unspecified atom stereocenters. The van der Waals surface area contributed by atoms with Crippen LogP contribution < -0.4 is 5.73 Å². The van der Waals surface area contributed by atoms with Crippen LogP contribution in [0.15, 0.2) is 70.9 Å². The number of nitrogens with two attached hydrogens (primary N) is 1. The van der Waals surface area contributed by atoms with Gasteiger partial charge in [-0.15, -0.1) is 0 Å². The molecular formula is C30H36ClN3O5. The van der Waals surface area contributed by atoms with E-state index in [0.29, 0.717) is 48.1 Å². The second-order valence-electron chi connectivity index (χ2n) is 10.2. The molecule has 8 nitrogen and oxygen atoms in total. The Kier molecular flexibility index (Phi) is 9.56. The molecule has 2 aliphatic rings. The van der Waals surface area contributed by atoms with E-state index >= 15 is 0 Å². The average Bonchev–Trinajstić information content (AvgIpc) is 3.28. The van der Waals surface area contributed by atoms with Gasteiger partial charge < -0.3 is 19.9 Å². The third-order valence-corrected chi connectivity index (χ3v) is 7.58. The number of ether oxygens (including phenoxy) is 3. The lowest BCUT2D eigenvalue weighted by atomic mass is 9.75.